The van der Waals surface area contributed by atoms with Crippen molar-refractivity contribution in [1.29, 1.82) is 0 Å². The molecule has 0 aliphatic carbocycles. The van der Waals surface area contributed by atoms with Crippen LogP contribution >= 0.6 is 11.6 Å². The van der Waals surface area contributed by atoms with Crippen molar-refractivity contribution in [2.24, 2.45) is 5.92 Å². The molecule has 2 aromatic carbocycles. The zero-order valence-corrected chi connectivity index (χ0v) is 21.3. The highest BCUT2D eigenvalue weighted by molar-refractivity contribution is 6.30. The van der Waals surface area contributed by atoms with Gasteiger partial charge in [0, 0.05) is 41.9 Å². The molecule has 3 atom stereocenters. The Kier molecular flexibility index (Phi) is 8.98. The van der Waals surface area contributed by atoms with Gasteiger partial charge in [0.2, 0.25) is 5.91 Å². The number of ether oxygens (including phenoxy) is 1. The van der Waals surface area contributed by atoms with Gasteiger partial charge in [-0.25, -0.2) is 4.79 Å². The fourth-order valence-corrected chi connectivity index (χ4v) is 4.18. The SMILES string of the molecule is CCC(C)C(NC(=O)c1cccc(OC)c1)C(=O)N1CCN(C(=O)Nc2ccc(Cl)cc2)C(C)C1. The van der Waals surface area contributed by atoms with Crippen LogP contribution in [0.25, 0.3) is 0 Å². The van der Waals surface area contributed by atoms with E-state index in [0.717, 1.165) is 6.42 Å². The number of carbonyl (C=O) groups excluding carboxylic acids is 3. The number of carbonyl (C=O) groups is 3. The number of anilines is 1. The topological polar surface area (TPSA) is 91.0 Å². The Hall–Kier alpha value is -3.26. The lowest BCUT2D eigenvalue weighted by Gasteiger charge is -2.41. The van der Waals surface area contributed by atoms with Crippen LogP contribution in [0.15, 0.2) is 48.5 Å². The van der Waals surface area contributed by atoms with Crippen LogP contribution in [0.4, 0.5) is 10.5 Å². The van der Waals surface area contributed by atoms with Gasteiger partial charge in [0.05, 0.1) is 7.11 Å². The number of hydrogen-bond donors (Lipinski definition) is 2. The van der Waals surface area contributed by atoms with Crippen LogP contribution in [0.3, 0.4) is 0 Å². The average Bonchev–Trinajstić information content (AvgIpc) is 2.87. The highest BCUT2D eigenvalue weighted by Crippen LogP contribution is 2.19. The second kappa shape index (κ2) is 11.9. The molecule has 2 aromatic rings. The maximum Gasteiger partial charge on any atom is 0.322 e. The normalized spacial score (nSPS) is 17.3. The third-order valence-corrected chi connectivity index (χ3v) is 6.65. The largest absolute Gasteiger partial charge is 0.497 e. The van der Waals surface area contributed by atoms with Crippen molar-refractivity contribution in [3.05, 3.63) is 59.1 Å². The van der Waals surface area contributed by atoms with E-state index < -0.39 is 6.04 Å². The van der Waals surface area contributed by atoms with E-state index in [2.05, 4.69) is 10.6 Å². The minimum absolute atomic E-state index is 0.0569. The van der Waals surface area contributed by atoms with Gasteiger partial charge in [0.1, 0.15) is 11.8 Å². The Morgan fingerprint density at radius 2 is 1.86 bits per heavy atom. The molecule has 0 aromatic heterocycles. The summed E-state index contributed by atoms with van der Waals surface area (Å²) in [6.45, 7) is 7.02. The van der Waals surface area contributed by atoms with Gasteiger partial charge in [0.25, 0.3) is 5.91 Å². The van der Waals surface area contributed by atoms with Crippen molar-refractivity contribution < 1.29 is 19.1 Å². The number of halogens is 1. The number of methoxy groups -OCH3 is 1. The minimum atomic E-state index is -0.666. The molecule has 4 amide bonds. The average molecular weight is 501 g/mol. The monoisotopic (exact) mass is 500 g/mol. The maximum absolute atomic E-state index is 13.5. The first-order valence-electron chi connectivity index (χ1n) is 11.8. The predicted octanol–water partition coefficient (Wildman–Crippen LogP) is 4.26. The van der Waals surface area contributed by atoms with Crippen molar-refractivity contribution in [2.75, 3.05) is 32.1 Å². The second-order valence-electron chi connectivity index (χ2n) is 8.83. The predicted molar refractivity (Wildman–Crippen MR) is 137 cm³/mol. The third kappa shape index (κ3) is 6.66. The summed E-state index contributed by atoms with van der Waals surface area (Å²) in [5, 5.41) is 6.40. The van der Waals surface area contributed by atoms with Crippen molar-refractivity contribution >= 4 is 35.1 Å². The first-order chi connectivity index (χ1) is 16.7. The van der Waals surface area contributed by atoms with Crippen LogP contribution in [-0.4, -0.2) is 66.5 Å². The fraction of sp³-hybridized carbons (Fsp3) is 0.423. The van der Waals surface area contributed by atoms with Crippen LogP contribution in [0.5, 0.6) is 5.75 Å². The summed E-state index contributed by atoms with van der Waals surface area (Å²) in [5.74, 6) is 0.0567. The molecule has 1 saturated heterocycles. The molecule has 9 heteroatoms. The van der Waals surface area contributed by atoms with Crippen molar-refractivity contribution in [3.63, 3.8) is 0 Å². The quantitative estimate of drug-likeness (QED) is 0.594. The maximum atomic E-state index is 13.5. The van der Waals surface area contributed by atoms with Crippen molar-refractivity contribution in [1.82, 2.24) is 15.1 Å². The highest BCUT2D eigenvalue weighted by atomic mass is 35.5. The molecule has 1 aliphatic rings. The van der Waals surface area contributed by atoms with Gasteiger partial charge in [-0.2, -0.15) is 0 Å². The molecule has 0 saturated carbocycles. The van der Waals surface area contributed by atoms with E-state index in [4.69, 9.17) is 16.3 Å². The van der Waals surface area contributed by atoms with Gasteiger partial charge in [-0.15, -0.1) is 0 Å². The molecular weight excluding hydrogens is 468 g/mol. The molecule has 3 unspecified atom stereocenters. The molecule has 2 N–H and O–H groups in total. The fourth-order valence-electron chi connectivity index (χ4n) is 4.06. The van der Waals surface area contributed by atoms with Gasteiger partial charge in [-0.1, -0.05) is 37.9 Å². The molecule has 1 heterocycles. The Labute approximate surface area is 211 Å². The summed E-state index contributed by atoms with van der Waals surface area (Å²) in [4.78, 5) is 42.7. The van der Waals surface area contributed by atoms with Crippen molar-refractivity contribution in [2.45, 2.75) is 39.3 Å². The number of nitrogens with zero attached hydrogens (tertiary/aromatic N) is 2. The van der Waals surface area contributed by atoms with E-state index in [1.807, 2.05) is 20.8 Å². The zero-order valence-electron chi connectivity index (χ0n) is 20.6. The summed E-state index contributed by atoms with van der Waals surface area (Å²) in [6.07, 6.45) is 0.730. The Morgan fingerprint density at radius 3 is 2.49 bits per heavy atom. The first kappa shape index (κ1) is 26.3. The number of amides is 4. The summed E-state index contributed by atoms with van der Waals surface area (Å²) in [6, 6.07) is 12.7. The third-order valence-electron chi connectivity index (χ3n) is 6.39. The van der Waals surface area contributed by atoms with Gasteiger partial charge < -0.3 is 25.2 Å². The van der Waals surface area contributed by atoms with E-state index in [1.165, 1.54) is 0 Å². The van der Waals surface area contributed by atoms with E-state index in [0.29, 0.717) is 41.7 Å². The molecular formula is C26H33ClN4O4. The second-order valence-corrected chi connectivity index (χ2v) is 9.27. The highest BCUT2D eigenvalue weighted by Gasteiger charge is 2.35. The molecule has 3 rings (SSSR count). The van der Waals surface area contributed by atoms with Crippen LogP contribution in [0, 0.1) is 5.92 Å². The number of nitrogens with one attached hydrogen (secondary N) is 2. The summed E-state index contributed by atoms with van der Waals surface area (Å²) in [7, 11) is 1.54. The molecule has 188 valence electrons. The summed E-state index contributed by atoms with van der Waals surface area (Å²) in [5.41, 5.74) is 1.09. The lowest BCUT2D eigenvalue weighted by Crippen LogP contribution is -2.60. The number of hydrogen-bond acceptors (Lipinski definition) is 4. The molecule has 0 radical (unpaired) electrons. The molecule has 1 aliphatic heterocycles. The molecule has 8 nitrogen and oxygen atoms in total. The van der Waals surface area contributed by atoms with E-state index in [9.17, 15) is 14.4 Å². The van der Waals surface area contributed by atoms with Crippen LogP contribution < -0.4 is 15.4 Å². The summed E-state index contributed by atoms with van der Waals surface area (Å²) < 4.78 is 5.21. The van der Waals surface area contributed by atoms with E-state index in [1.54, 1.807) is 65.4 Å². The molecule has 0 bridgehead atoms. The summed E-state index contributed by atoms with van der Waals surface area (Å²) >= 11 is 5.91. The standard InChI is InChI=1S/C26H33ClN4O4/c1-5-17(2)23(29-24(32)19-7-6-8-22(15-19)35-4)25(33)30-13-14-31(18(3)16-30)26(34)28-21-11-9-20(27)10-12-21/h6-12,15,17-18,23H,5,13-14,16H2,1-4H3,(H,28,34)(H,29,32). The molecule has 0 spiro atoms. The van der Waals surface area contributed by atoms with Crippen LogP contribution in [0.2, 0.25) is 5.02 Å². The number of piperazine rings is 1. The van der Waals surface area contributed by atoms with Crippen LogP contribution in [-0.2, 0) is 4.79 Å². The zero-order chi connectivity index (χ0) is 25.5. The molecule has 35 heavy (non-hydrogen) atoms. The van der Waals surface area contributed by atoms with E-state index in [-0.39, 0.29) is 29.8 Å². The van der Waals surface area contributed by atoms with Gasteiger partial charge >= 0.3 is 6.03 Å². The van der Waals surface area contributed by atoms with Crippen LogP contribution in [0.1, 0.15) is 37.6 Å². The van der Waals surface area contributed by atoms with Crippen molar-refractivity contribution in [3.8, 4) is 5.75 Å². The Morgan fingerprint density at radius 1 is 1.14 bits per heavy atom. The van der Waals surface area contributed by atoms with E-state index >= 15 is 0 Å². The van der Waals surface area contributed by atoms with Gasteiger partial charge in [-0.05, 0) is 55.3 Å². The molecule has 1 fully saturated rings. The Balaban J connectivity index is 1.65. The smallest absolute Gasteiger partial charge is 0.322 e. The Bertz CT molecular complexity index is 1050. The van der Waals surface area contributed by atoms with Gasteiger partial charge in [-0.3, -0.25) is 9.59 Å². The number of benzene rings is 2. The number of urea groups is 1. The number of rotatable bonds is 7. The first-order valence-corrected chi connectivity index (χ1v) is 12.2. The van der Waals surface area contributed by atoms with Gasteiger partial charge in [0.15, 0.2) is 0 Å². The minimum Gasteiger partial charge on any atom is -0.497 e. The lowest BCUT2D eigenvalue weighted by molar-refractivity contribution is -0.136. The lowest BCUT2D eigenvalue weighted by atomic mass is 9.96.